The second-order valence-electron chi connectivity index (χ2n) is 5.69. The van der Waals surface area contributed by atoms with Crippen molar-refractivity contribution in [1.29, 1.82) is 0 Å². The first kappa shape index (κ1) is 17.0. The number of nitrogens with two attached hydrogens (primary N) is 1. The molecule has 1 aromatic heterocycles. The third-order valence-electron chi connectivity index (χ3n) is 4.16. The summed E-state index contributed by atoms with van der Waals surface area (Å²) < 4.78 is 1.78. The van der Waals surface area contributed by atoms with Crippen molar-refractivity contribution in [2.75, 3.05) is 19.6 Å². The molecule has 20 heavy (non-hydrogen) atoms. The summed E-state index contributed by atoms with van der Waals surface area (Å²) in [6.07, 6.45) is 1.05. The highest BCUT2D eigenvalue weighted by atomic mass is 35.5. The molecule has 2 heterocycles. The number of hydrogen-bond donors (Lipinski definition) is 1. The Balaban J connectivity index is 0.00000200. The maximum Gasteiger partial charge on any atom is 0.244 e. The second-order valence-corrected chi connectivity index (χ2v) is 5.69. The lowest BCUT2D eigenvalue weighted by Gasteiger charge is -2.36. The Morgan fingerprint density at radius 2 is 2.20 bits per heavy atom. The van der Waals surface area contributed by atoms with Crippen LogP contribution in [0.25, 0.3) is 0 Å². The fourth-order valence-electron chi connectivity index (χ4n) is 2.75. The minimum absolute atomic E-state index is 0. The van der Waals surface area contributed by atoms with Gasteiger partial charge < -0.3 is 10.6 Å². The topological polar surface area (TPSA) is 64.2 Å². The molecule has 2 atom stereocenters. The third-order valence-corrected chi connectivity index (χ3v) is 4.16. The van der Waals surface area contributed by atoms with Crippen molar-refractivity contribution >= 4 is 18.3 Å². The van der Waals surface area contributed by atoms with Crippen molar-refractivity contribution in [3.8, 4) is 0 Å². The van der Waals surface area contributed by atoms with Crippen LogP contribution in [-0.2, 0) is 11.3 Å². The normalized spacial score (nSPS) is 22.5. The molecular weight excluding hydrogens is 276 g/mol. The highest BCUT2D eigenvalue weighted by Crippen LogP contribution is 2.22. The summed E-state index contributed by atoms with van der Waals surface area (Å²) in [6.45, 7) is 8.78. The number of carbonyl (C=O) groups is 1. The monoisotopic (exact) mass is 300 g/mol. The van der Waals surface area contributed by atoms with Crippen molar-refractivity contribution in [1.82, 2.24) is 14.7 Å². The van der Waals surface area contributed by atoms with Crippen molar-refractivity contribution in [2.24, 2.45) is 17.6 Å². The summed E-state index contributed by atoms with van der Waals surface area (Å²) >= 11 is 0. The van der Waals surface area contributed by atoms with Gasteiger partial charge in [-0.05, 0) is 44.7 Å². The van der Waals surface area contributed by atoms with E-state index >= 15 is 0 Å². The zero-order valence-electron chi connectivity index (χ0n) is 12.5. The molecule has 6 heteroatoms. The van der Waals surface area contributed by atoms with Gasteiger partial charge in [-0.25, -0.2) is 0 Å². The second kappa shape index (κ2) is 7.09. The Hall–Kier alpha value is -1.07. The molecule has 114 valence electrons. The van der Waals surface area contributed by atoms with Gasteiger partial charge in [0.1, 0.15) is 6.54 Å². The van der Waals surface area contributed by atoms with E-state index in [1.54, 1.807) is 4.68 Å². The average Bonchev–Trinajstić information content (AvgIpc) is 2.68. The van der Waals surface area contributed by atoms with Crippen LogP contribution in [0.1, 0.15) is 24.7 Å². The molecule has 0 radical (unpaired) electrons. The van der Waals surface area contributed by atoms with E-state index < -0.39 is 0 Å². The molecule has 1 aromatic rings. The highest BCUT2D eigenvalue weighted by molar-refractivity contribution is 5.85. The van der Waals surface area contributed by atoms with Crippen LogP contribution in [0.3, 0.4) is 0 Å². The summed E-state index contributed by atoms with van der Waals surface area (Å²) in [6, 6.07) is 1.99. The number of nitrogens with zero attached hydrogens (tertiary/aromatic N) is 3. The minimum Gasteiger partial charge on any atom is -0.341 e. The maximum absolute atomic E-state index is 12.3. The summed E-state index contributed by atoms with van der Waals surface area (Å²) in [4.78, 5) is 14.3. The molecule has 5 nitrogen and oxygen atoms in total. The summed E-state index contributed by atoms with van der Waals surface area (Å²) in [5, 5.41) is 4.34. The van der Waals surface area contributed by atoms with Gasteiger partial charge in [0.25, 0.3) is 0 Å². The molecule has 2 N–H and O–H groups in total. The van der Waals surface area contributed by atoms with Crippen molar-refractivity contribution in [2.45, 2.75) is 33.7 Å². The SMILES string of the molecule is Cc1cc(C)n(CC(=O)N2CCC(C)C(CN)C2)n1.Cl. The molecule has 1 amide bonds. The average molecular weight is 301 g/mol. The number of aryl methyl sites for hydroxylation is 2. The number of amides is 1. The molecule has 0 saturated carbocycles. The Bertz CT molecular complexity index is 460. The van der Waals surface area contributed by atoms with Gasteiger partial charge in [0.15, 0.2) is 0 Å². The standard InChI is InChI=1S/C14H24N4O.ClH/c1-10-4-5-17(8-13(10)7-15)14(19)9-18-12(3)6-11(2)16-18;/h6,10,13H,4-5,7-9,15H2,1-3H3;1H. The number of hydrogen-bond acceptors (Lipinski definition) is 3. The summed E-state index contributed by atoms with van der Waals surface area (Å²) in [7, 11) is 0. The van der Waals surface area contributed by atoms with Gasteiger partial charge in [-0.1, -0.05) is 6.92 Å². The zero-order chi connectivity index (χ0) is 14.0. The molecule has 0 aliphatic carbocycles. The molecule has 1 fully saturated rings. The molecule has 0 aromatic carbocycles. The molecular formula is C14H25ClN4O. The largest absolute Gasteiger partial charge is 0.341 e. The molecule has 1 aliphatic rings. The van der Waals surface area contributed by atoms with Crippen LogP contribution in [0, 0.1) is 25.7 Å². The Kier molecular flexibility index (Phi) is 6.02. The molecule has 2 rings (SSSR count). The lowest BCUT2D eigenvalue weighted by Crippen LogP contribution is -2.46. The van der Waals surface area contributed by atoms with E-state index in [0.29, 0.717) is 24.9 Å². The van der Waals surface area contributed by atoms with Crippen LogP contribution in [0.15, 0.2) is 6.07 Å². The number of rotatable bonds is 3. The summed E-state index contributed by atoms with van der Waals surface area (Å²) in [5.74, 6) is 1.19. The zero-order valence-corrected chi connectivity index (χ0v) is 13.3. The predicted molar refractivity (Wildman–Crippen MR) is 81.9 cm³/mol. The van der Waals surface area contributed by atoms with E-state index in [-0.39, 0.29) is 18.3 Å². The fraction of sp³-hybridized carbons (Fsp3) is 0.714. The predicted octanol–water partition coefficient (Wildman–Crippen LogP) is 1.37. The number of aromatic nitrogens is 2. The van der Waals surface area contributed by atoms with Gasteiger partial charge in [-0.15, -0.1) is 12.4 Å². The van der Waals surface area contributed by atoms with E-state index in [1.165, 1.54) is 0 Å². The van der Waals surface area contributed by atoms with Gasteiger partial charge in [0.2, 0.25) is 5.91 Å². The molecule has 1 saturated heterocycles. The number of piperidine rings is 1. The van der Waals surface area contributed by atoms with Crippen molar-refractivity contribution < 1.29 is 4.79 Å². The molecule has 0 bridgehead atoms. The van der Waals surface area contributed by atoms with E-state index in [0.717, 1.165) is 30.9 Å². The van der Waals surface area contributed by atoms with E-state index in [9.17, 15) is 4.79 Å². The Labute approximate surface area is 126 Å². The van der Waals surface area contributed by atoms with E-state index in [4.69, 9.17) is 5.73 Å². The first-order valence-electron chi connectivity index (χ1n) is 7.00. The first-order valence-corrected chi connectivity index (χ1v) is 7.00. The summed E-state index contributed by atoms with van der Waals surface area (Å²) in [5.41, 5.74) is 7.77. The van der Waals surface area contributed by atoms with Crippen molar-refractivity contribution in [3.63, 3.8) is 0 Å². The van der Waals surface area contributed by atoms with E-state index in [2.05, 4.69) is 12.0 Å². The van der Waals surface area contributed by atoms with Crippen LogP contribution < -0.4 is 5.73 Å². The van der Waals surface area contributed by atoms with Gasteiger partial charge in [0, 0.05) is 18.8 Å². The Morgan fingerprint density at radius 3 is 2.75 bits per heavy atom. The highest BCUT2D eigenvalue weighted by Gasteiger charge is 2.28. The first-order chi connectivity index (χ1) is 9.01. The Morgan fingerprint density at radius 1 is 1.50 bits per heavy atom. The third kappa shape index (κ3) is 3.73. The van der Waals surface area contributed by atoms with Gasteiger partial charge in [-0.2, -0.15) is 5.10 Å². The lowest BCUT2D eigenvalue weighted by atomic mass is 9.87. The lowest BCUT2D eigenvalue weighted by molar-refractivity contribution is -0.134. The molecule has 1 aliphatic heterocycles. The van der Waals surface area contributed by atoms with Gasteiger partial charge in [0.05, 0.1) is 5.69 Å². The molecule has 2 unspecified atom stereocenters. The smallest absolute Gasteiger partial charge is 0.244 e. The van der Waals surface area contributed by atoms with Crippen LogP contribution in [0.5, 0.6) is 0 Å². The van der Waals surface area contributed by atoms with Crippen LogP contribution in [-0.4, -0.2) is 40.2 Å². The van der Waals surface area contributed by atoms with Crippen LogP contribution >= 0.6 is 12.4 Å². The van der Waals surface area contributed by atoms with Gasteiger partial charge in [-0.3, -0.25) is 9.48 Å². The fourth-order valence-corrected chi connectivity index (χ4v) is 2.75. The number of likely N-dealkylation sites (tertiary alicyclic amines) is 1. The van der Waals surface area contributed by atoms with Gasteiger partial charge >= 0.3 is 0 Å². The van der Waals surface area contributed by atoms with Crippen LogP contribution in [0.4, 0.5) is 0 Å². The number of carbonyl (C=O) groups excluding carboxylic acids is 1. The van der Waals surface area contributed by atoms with Crippen LogP contribution in [0.2, 0.25) is 0 Å². The number of halogens is 1. The molecule has 0 spiro atoms. The van der Waals surface area contributed by atoms with E-state index in [1.807, 2.05) is 24.8 Å². The minimum atomic E-state index is 0. The van der Waals surface area contributed by atoms with Crippen molar-refractivity contribution in [3.05, 3.63) is 17.5 Å². The maximum atomic E-state index is 12.3. The quantitative estimate of drug-likeness (QED) is 0.917.